The minimum Gasteiger partial charge on any atom is -0.508 e. The van der Waals surface area contributed by atoms with E-state index in [-0.39, 0.29) is 28.8 Å². The average Bonchev–Trinajstić information content (AvgIpc) is 2.55. The molecule has 3 aromatic rings. The number of aromatic hydroxyl groups is 4. The Labute approximate surface area is 145 Å². The maximum Gasteiger partial charge on any atom is 0.170 e. The quantitative estimate of drug-likeness (QED) is 0.547. The molecule has 0 aliphatic rings. The van der Waals surface area contributed by atoms with Crippen LogP contribution in [0.2, 0.25) is 0 Å². The van der Waals surface area contributed by atoms with E-state index in [9.17, 15) is 9.90 Å². The predicted octanol–water partition coefficient (Wildman–Crippen LogP) is 3.62. The van der Waals surface area contributed by atoms with Crippen LogP contribution in [0, 0.1) is 0 Å². The first kappa shape index (κ1) is 17.9. The molecule has 5 nitrogen and oxygen atoms in total. The van der Waals surface area contributed by atoms with Crippen LogP contribution in [-0.4, -0.2) is 26.2 Å². The van der Waals surface area contributed by atoms with Crippen molar-refractivity contribution in [3.05, 3.63) is 83.9 Å². The van der Waals surface area contributed by atoms with Gasteiger partial charge in [-0.2, -0.15) is 0 Å². The van der Waals surface area contributed by atoms with Gasteiger partial charge in [-0.05, 0) is 17.7 Å². The Morgan fingerprint density at radius 2 is 1.16 bits per heavy atom. The fraction of sp³-hybridized carbons (Fsp3) is 0.0500. The number of ketones is 1. The number of phenols is 4. The number of hydrogen-bond donors (Lipinski definition) is 4. The molecule has 0 unspecified atom stereocenters. The zero-order valence-electron chi connectivity index (χ0n) is 13.3. The second-order valence-corrected chi connectivity index (χ2v) is 5.31. The largest absolute Gasteiger partial charge is 0.508 e. The fourth-order valence-corrected chi connectivity index (χ4v) is 2.17. The third kappa shape index (κ3) is 5.58. The van der Waals surface area contributed by atoms with Crippen molar-refractivity contribution >= 4 is 5.78 Å². The number of benzene rings is 3. The van der Waals surface area contributed by atoms with Gasteiger partial charge in [-0.15, -0.1) is 0 Å². The van der Waals surface area contributed by atoms with Crippen LogP contribution in [0.25, 0.3) is 0 Å². The summed E-state index contributed by atoms with van der Waals surface area (Å²) in [7, 11) is 0. The van der Waals surface area contributed by atoms with Crippen LogP contribution >= 0.6 is 0 Å². The van der Waals surface area contributed by atoms with E-state index in [0.29, 0.717) is 12.0 Å². The minimum absolute atomic E-state index is 0.0448. The summed E-state index contributed by atoms with van der Waals surface area (Å²) in [6.07, 6.45) is 0.318. The van der Waals surface area contributed by atoms with Gasteiger partial charge in [0.15, 0.2) is 5.78 Å². The third-order valence-corrected chi connectivity index (χ3v) is 3.30. The van der Waals surface area contributed by atoms with Crippen LogP contribution in [0.4, 0.5) is 0 Å². The summed E-state index contributed by atoms with van der Waals surface area (Å²) in [5.41, 5.74) is 1.34. The molecule has 0 amide bonds. The molecule has 3 rings (SSSR count). The summed E-state index contributed by atoms with van der Waals surface area (Å²) in [5.74, 6) is -0.458. The van der Waals surface area contributed by atoms with Crippen molar-refractivity contribution in [3.63, 3.8) is 0 Å². The van der Waals surface area contributed by atoms with Crippen LogP contribution in [0.1, 0.15) is 15.9 Å². The number of rotatable bonds is 3. The molecule has 128 valence electrons. The number of carbonyl (C=O) groups excluding carboxylic acids is 1. The number of Topliss-reactive ketones (excluding diaryl/α,β-unsaturated/α-hetero) is 1. The molecule has 0 aliphatic carbocycles. The zero-order valence-corrected chi connectivity index (χ0v) is 13.3. The lowest BCUT2D eigenvalue weighted by Crippen LogP contribution is -2.03. The van der Waals surface area contributed by atoms with Gasteiger partial charge in [0.05, 0.1) is 5.56 Å². The number of para-hydroxylation sites is 1. The standard InChI is InChI=1S/C14H12O2.C6H6O3/c15-13-9-5-4-8-12(13)14(16)10-11-6-2-1-3-7-11;7-4-1-5(8)3-6(9)2-4/h1-9,15H,10H2;1-3,7-9H. The van der Waals surface area contributed by atoms with Gasteiger partial charge >= 0.3 is 0 Å². The second kappa shape index (κ2) is 8.40. The van der Waals surface area contributed by atoms with E-state index in [1.807, 2.05) is 30.3 Å². The van der Waals surface area contributed by atoms with E-state index in [2.05, 4.69) is 0 Å². The maximum atomic E-state index is 11.9. The van der Waals surface area contributed by atoms with Crippen LogP contribution in [0.3, 0.4) is 0 Å². The Kier molecular flexibility index (Phi) is 6.01. The number of hydrogen-bond acceptors (Lipinski definition) is 5. The molecule has 3 aromatic carbocycles. The Morgan fingerprint density at radius 1 is 0.680 bits per heavy atom. The SMILES string of the molecule is O=C(Cc1ccccc1)c1ccccc1O.Oc1cc(O)cc(O)c1. The van der Waals surface area contributed by atoms with Crippen molar-refractivity contribution < 1.29 is 25.2 Å². The van der Waals surface area contributed by atoms with Gasteiger partial charge < -0.3 is 20.4 Å². The van der Waals surface area contributed by atoms with E-state index < -0.39 is 0 Å². The van der Waals surface area contributed by atoms with Crippen molar-refractivity contribution in [2.24, 2.45) is 0 Å². The highest BCUT2D eigenvalue weighted by Crippen LogP contribution is 2.24. The van der Waals surface area contributed by atoms with Crippen LogP contribution in [0.15, 0.2) is 72.8 Å². The van der Waals surface area contributed by atoms with E-state index in [1.54, 1.807) is 18.2 Å². The summed E-state index contributed by atoms with van der Waals surface area (Å²) >= 11 is 0. The molecule has 0 spiro atoms. The Hall–Kier alpha value is -3.47. The molecule has 0 fully saturated rings. The average molecular weight is 338 g/mol. The Balaban J connectivity index is 0.000000212. The smallest absolute Gasteiger partial charge is 0.170 e. The fourth-order valence-electron chi connectivity index (χ4n) is 2.17. The van der Waals surface area contributed by atoms with Gasteiger partial charge in [0.25, 0.3) is 0 Å². The minimum atomic E-state index is -0.146. The first-order valence-electron chi connectivity index (χ1n) is 7.53. The lowest BCUT2D eigenvalue weighted by atomic mass is 10.0. The van der Waals surface area contributed by atoms with Crippen LogP contribution in [-0.2, 0) is 6.42 Å². The van der Waals surface area contributed by atoms with Crippen molar-refractivity contribution in [3.8, 4) is 23.0 Å². The lowest BCUT2D eigenvalue weighted by molar-refractivity contribution is 0.0990. The first-order chi connectivity index (χ1) is 12.0. The highest BCUT2D eigenvalue weighted by atomic mass is 16.3. The molecular formula is C20H18O5. The summed E-state index contributed by atoms with van der Waals surface area (Å²) in [5, 5.41) is 35.6. The molecular weight excluding hydrogens is 320 g/mol. The summed E-state index contributed by atoms with van der Waals surface area (Å²) < 4.78 is 0. The van der Waals surface area contributed by atoms with Gasteiger partial charge in [0.1, 0.15) is 23.0 Å². The molecule has 0 heterocycles. The molecule has 0 saturated carbocycles. The van der Waals surface area contributed by atoms with E-state index in [0.717, 1.165) is 23.8 Å². The molecule has 0 aliphatic heterocycles. The summed E-state index contributed by atoms with van der Waals surface area (Å²) in [6.45, 7) is 0. The molecule has 0 atom stereocenters. The van der Waals surface area contributed by atoms with Crippen molar-refractivity contribution in [2.75, 3.05) is 0 Å². The van der Waals surface area contributed by atoms with Crippen molar-refractivity contribution in [1.29, 1.82) is 0 Å². The van der Waals surface area contributed by atoms with Crippen molar-refractivity contribution in [2.45, 2.75) is 6.42 Å². The zero-order chi connectivity index (χ0) is 18.2. The predicted molar refractivity (Wildman–Crippen MR) is 94.0 cm³/mol. The Morgan fingerprint density at radius 3 is 1.68 bits per heavy atom. The third-order valence-electron chi connectivity index (χ3n) is 3.30. The van der Waals surface area contributed by atoms with E-state index in [4.69, 9.17) is 15.3 Å². The van der Waals surface area contributed by atoms with Gasteiger partial charge in [-0.25, -0.2) is 0 Å². The number of phenolic OH excluding ortho intramolecular Hbond substituents is 4. The maximum absolute atomic E-state index is 11.9. The topological polar surface area (TPSA) is 98.0 Å². The molecule has 25 heavy (non-hydrogen) atoms. The van der Waals surface area contributed by atoms with Gasteiger partial charge in [0.2, 0.25) is 0 Å². The highest BCUT2D eigenvalue weighted by Gasteiger charge is 2.10. The van der Waals surface area contributed by atoms with Crippen LogP contribution in [0.5, 0.6) is 23.0 Å². The van der Waals surface area contributed by atoms with E-state index >= 15 is 0 Å². The molecule has 0 bridgehead atoms. The highest BCUT2D eigenvalue weighted by molar-refractivity contribution is 5.99. The monoisotopic (exact) mass is 338 g/mol. The normalized spacial score (nSPS) is 9.76. The second-order valence-electron chi connectivity index (χ2n) is 5.31. The lowest BCUT2D eigenvalue weighted by Gasteiger charge is -2.03. The molecule has 0 aromatic heterocycles. The van der Waals surface area contributed by atoms with Gasteiger partial charge in [0, 0.05) is 24.6 Å². The summed E-state index contributed by atoms with van der Waals surface area (Å²) in [4.78, 5) is 11.9. The van der Waals surface area contributed by atoms with Crippen LogP contribution < -0.4 is 0 Å². The molecule has 0 saturated heterocycles. The number of carbonyl (C=O) groups is 1. The van der Waals surface area contributed by atoms with Crippen molar-refractivity contribution in [1.82, 2.24) is 0 Å². The molecule has 0 radical (unpaired) electrons. The van der Waals surface area contributed by atoms with E-state index in [1.165, 1.54) is 6.07 Å². The van der Waals surface area contributed by atoms with Gasteiger partial charge in [-0.1, -0.05) is 42.5 Å². The summed E-state index contributed by atoms with van der Waals surface area (Å²) in [6, 6.07) is 19.5. The molecule has 5 heteroatoms. The first-order valence-corrected chi connectivity index (χ1v) is 7.53. The molecule has 4 N–H and O–H groups in total. The Bertz CT molecular complexity index is 793. The van der Waals surface area contributed by atoms with Gasteiger partial charge in [-0.3, -0.25) is 4.79 Å².